The Morgan fingerprint density at radius 1 is 1.19 bits per heavy atom. The molecular weight excluding hydrogens is 492 g/mol. The van der Waals surface area contributed by atoms with E-state index < -0.39 is 28.7 Å². The number of benzene rings is 2. The first kappa shape index (κ1) is 25.6. The number of thioether (sulfide) groups is 1. The Labute approximate surface area is 220 Å². The van der Waals surface area contributed by atoms with Crippen LogP contribution in [0.2, 0.25) is 0 Å². The summed E-state index contributed by atoms with van der Waals surface area (Å²) in [5.41, 5.74) is 1.31. The average molecular weight is 525 g/mol. The third-order valence-electron chi connectivity index (χ3n) is 8.04. The molecule has 3 aliphatic heterocycles. The minimum absolute atomic E-state index is 0.00820. The lowest BCUT2D eigenvalue weighted by molar-refractivity contribution is -0.154. The van der Waals surface area contributed by atoms with Gasteiger partial charge in [-0.2, -0.15) is 0 Å². The summed E-state index contributed by atoms with van der Waals surface area (Å²) in [6.07, 6.45) is 0.715. The van der Waals surface area contributed by atoms with Gasteiger partial charge in [-0.15, -0.1) is 11.8 Å². The monoisotopic (exact) mass is 524 g/mol. The van der Waals surface area contributed by atoms with Crippen LogP contribution in [0, 0.1) is 17.8 Å². The Bertz CT molecular complexity index is 1170. The van der Waals surface area contributed by atoms with Crippen LogP contribution >= 0.6 is 11.8 Å². The highest BCUT2D eigenvalue weighted by atomic mass is 32.2. The van der Waals surface area contributed by atoms with E-state index in [2.05, 4.69) is 12.2 Å². The van der Waals surface area contributed by atoms with E-state index in [0.717, 1.165) is 5.56 Å². The summed E-state index contributed by atoms with van der Waals surface area (Å²) in [5.74, 6) is -1.65. The quantitative estimate of drug-likeness (QED) is 0.511. The predicted octanol–water partition coefficient (Wildman–Crippen LogP) is 3.27. The number of aliphatic hydroxyl groups is 1. The molecule has 3 unspecified atom stereocenters. The first-order valence-electron chi connectivity index (χ1n) is 12.6. The molecule has 196 valence electrons. The molecule has 37 heavy (non-hydrogen) atoms. The summed E-state index contributed by atoms with van der Waals surface area (Å²) in [6, 6.07) is 14.6. The third-order valence-corrected chi connectivity index (χ3v) is 10.1. The molecule has 5 rings (SSSR count). The van der Waals surface area contributed by atoms with Crippen LogP contribution in [0.25, 0.3) is 0 Å². The van der Waals surface area contributed by atoms with Gasteiger partial charge in [-0.05, 0) is 49.1 Å². The fourth-order valence-electron chi connectivity index (χ4n) is 6.52. The number of nitrogens with zero attached hydrogens (tertiary/aromatic N) is 1. The molecule has 3 aliphatic rings. The molecule has 2 bridgehead atoms. The summed E-state index contributed by atoms with van der Waals surface area (Å²) < 4.78 is 9.82. The highest BCUT2D eigenvalue weighted by Gasteiger charge is 2.77. The van der Waals surface area contributed by atoms with E-state index >= 15 is 0 Å². The molecular formula is C28H32N2O6S. The topological polar surface area (TPSA) is 105 Å². The number of likely N-dealkylation sites (tertiary alicyclic amines) is 1. The van der Waals surface area contributed by atoms with Crippen LogP contribution in [0.3, 0.4) is 0 Å². The molecule has 3 fully saturated rings. The molecule has 2 aromatic rings. The zero-order chi connectivity index (χ0) is 26.3. The number of hydrogen-bond acceptors (Lipinski definition) is 7. The number of carbonyl (C=O) groups excluding carboxylic acids is 3. The first-order chi connectivity index (χ1) is 17.9. The molecule has 3 saturated heterocycles. The van der Waals surface area contributed by atoms with Crippen LogP contribution in [0.15, 0.2) is 54.6 Å². The second-order valence-electron chi connectivity index (χ2n) is 9.88. The number of fused-ring (bicyclic) bond motifs is 1. The smallest absolute Gasteiger partial charge is 0.310 e. The van der Waals surface area contributed by atoms with Crippen LogP contribution in [0.4, 0.5) is 5.69 Å². The Morgan fingerprint density at radius 3 is 2.51 bits per heavy atom. The number of methoxy groups -OCH3 is 1. The van der Waals surface area contributed by atoms with Crippen molar-refractivity contribution in [3.8, 4) is 5.75 Å². The zero-order valence-corrected chi connectivity index (χ0v) is 21.9. The highest BCUT2D eigenvalue weighted by molar-refractivity contribution is 8.02. The van der Waals surface area contributed by atoms with Crippen molar-refractivity contribution in [3.63, 3.8) is 0 Å². The number of ether oxygens (including phenoxy) is 2. The summed E-state index contributed by atoms with van der Waals surface area (Å²) in [4.78, 5) is 43.0. The highest BCUT2D eigenvalue weighted by Crippen LogP contribution is 2.69. The van der Waals surface area contributed by atoms with Crippen molar-refractivity contribution in [2.24, 2.45) is 17.8 Å². The van der Waals surface area contributed by atoms with Crippen molar-refractivity contribution in [1.82, 2.24) is 4.90 Å². The van der Waals surface area contributed by atoms with Gasteiger partial charge in [-0.25, -0.2) is 0 Å². The lowest BCUT2D eigenvalue weighted by atomic mass is 9.66. The van der Waals surface area contributed by atoms with E-state index in [0.29, 0.717) is 17.9 Å². The Hall–Kier alpha value is -3.04. The molecule has 0 radical (unpaired) electrons. The van der Waals surface area contributed by atoms with Crippen LogP contribution in [-0.4, -0.2) is 64.2 Å². The average Bonchev–Trinajstić information content (AvgIpc) is 3.50. The van der Waals surface area contributed by atoms with Crippen LogP contribution in [0.5, 0.6) is 5.75 Å². The van der Waals surface area contributed by atoms with Crippen LogP contribution in [-0.2, 0) is 19.1 Å². The maximum atomic E-state index is 14.3. The number of carbonyl (C=O) groups is 3. The standard InChI is InChI=1S/C28H32N2O6S/c1-4-36-27(34)22-21-14-16(2)28(37-21)23(22)26(33)30(20(15-31)17-8-6-5-7-9-17)24(28)25(32)29-18-10-12-19(35-3)13-11-18/h5-13,16,20-24,31H,4,14-15H2,1-3H3,(H,29,32)/t16?,20-,21-,22+,23+,24?,28?/m1/s1. The van der Waals surface area contributed by atoms with Crippen LogP contribution < -0.4 is 10.1 Å². The number of esters is 1. The van der Waals surface area contributed by atoms with Crippen molar-refractivity contribution in [3.05, 3.63) is 60.2 Å². The largest absolute Gasteiger partial charge is 0.497 e. The molecule has 3 heterocycles. The molecule has 7 atom stereocenters. The number of hydrogen-bond donors (Lipinski definition) is 2. The Balaban J connectivity index is 1.59. The fraction of sp³-hybridized carbons (Fsp3) is 0.464. The number of rotatable bonds is 8. The SMILES string of the molecule is CCOC(=O)[C@@H]1[C@H]2C(=O)N([C@H](CO)c3ccccc3)C(C(=O)Nc3ccc(OC)cc3)C23S[C@@H]1CC3C. The normalized spacial score (nSPS) is 30.6. The van der Waals surface area contributed by atoms with Gasteiger partial charge in [0.1, 0.15) is 11.8 Å². The lowest BCUT2D eigenvalue weighted by Gasteiger charge is -2.40. The van der Waals surface area contributed by atoms with Gasteiger partial charge in [0.15, 0.2) is 0 Å². The summed E-state index contributed by atoms with van der Waals surface area (Å²) >= 11 is 1.58. The molecule has 2 amide bonds. The summed E-state index contributed by atoms with van der Waals surface area (Å²) in [5, 5.41) is 13.4. The molecule has 0 saturated carbocycles. The Kier molecular flexibility index (Phi) is 6.93. The van der Waals surface area contributed by atoms with E-state index in [1.165, 1.54) is 4.90 Å². The van der Waals surface area contributed by atoms with Gasteiger partial charge in [0.05, 0.1) is 42.9 Å². The van der Waals surface area contributed by atoms with Gasteiger partial charge >= 0.3 is 5.97 Å². The third kappa shape index (κ3) is 3.99. The maximum Gasteiger partial charge on any atom is 0.310 e. The van der Waals surface area contributed by atoms with Crippen LogP contribution in [0.1, 0.15) is 31.9 Å². The second kappa shape index (κ2) is 10.0. The summed E-state index contributed by atoms with van der Waals surface area (Å²) in [6.45, 7) is 3.69. The molecule has 1 spiro atoms. The summed E-state index contributed by atoms with van der Waals surface area (Å²) in [7, 11) is 1.57. The van der Waals surface area contributed by atoms with E-state index in [1.807, 2.05) is 30.3 Å². The van der Waals surface area contributed by atoms with E-state index in [4.69, 9.17) is 9.47 Å². The number of nitrogens with one attached hydrogen (secondary N) is 1. The molecule has 2 aromatic carbocycles. The minimum atomic E-state index is -0.881. The van der Waals surface area contributed by atoms with Gasteiger partial charge in [0.25, 0.3) is 0 Å². The number of amides is 2. The van der Waals surface area contributed by atoms with Crippen molar-refractivity contribution in [1.29, 1.82) is 0 Å². The lowest BCUT2D eigenvalue weighted by Crippen LogP contribution is -2.55. The van der Waals surface area contributed by atoms with Crippen molar-refractivity contribution < 1.29 is 29.0 Å². The minimum Gasteiger partial charge on any atom is -0.497 e. The van der Waals surface area contributed by atoms with Crippen molar-refractivity contribution in [2.45, 2.75) is 42.3 Å². The van der Waals surface area contributed by atoms with Gasteiger partial charge in [-0.3, -0.25) is 14.4 Å². The molecule has 8 nitrogen and oxygen atoms in total. The van der Waals surface area contributed by atoms with Crippen molar-refractivity contribution in [2.75, 3.05) is 25.6 Å². The van der Waals surface area contributed by atoms with Crippen molar-refractivity contribution >= 4 is 35.2 Å². The Morgan fingerprint density at radius 2 is 1.89 bits per heavy atom. The predicted molar refractivity (Wildman–Crippen MR) is 140 cm³/mol. The van der Waals surface area contributed by atoms with Gasteiger partial charge in [0.2, 0.25) is 11.8 Å². The van der Waals surface area contributed by atoms with E-state index in [1.54, 1.807) is 50.1 Å². The molecule has 0 aromatic heterocycles. The number of aliphatic hydroxyl groups excluding tert-OH is 1. The van der Waals surface area contributed by atoms with E-state index in [-0.39, 0.29) is 42.2 Å². The fourth-order valence-corrected chi connectivity index (χ4v) is 8.91. The zero-order valence-electron chi connectivity index (χ0n) is 21.1. The molecule has 9 heteroatoms. The second-order valence-corrected chi connectivity index (χ2v) is 11.4. The van der Waals surface area contributed by atoms with Gasteiger partial charge in [-0.1, -0.05) is 37.3 Å². The molecule has 0 aliphatic carbocycles. The van der Waals surface area contributed by atoms with Gasteiger partial charge in [0, 0.05) is 10.9 Å². The van der Waals surface area contributed by atoms with Gasteiger partial charge < -0.3 is 24.8 Å². The maximum absolute atomic E-state index is 14.3. The molecule has 2 N–H and O–H groups in total. The first-order valence-corrected chi connectivity index (χ1v) is 13.5. The number of anilines is 1. The van der Waals surface area contributed by atoms with E-state index in [9.17, 15) is 19.5 Å².